The number of hydrogen-bond donors (Lipinski definition) is 1. The van der Waals surface area contributed by atoms with Crippen LogP contribution in [0.5, 0.6) is 0 Å². The van der Waals surface area contributed by atoms with Gasteiger partial charge in [0.25, 0.3) is 5.91 Å². The Morgan fingerprint density at radius 2 is 1.75 bits per heavy atom. The smallest absolute Gasteiger partial charge is 0.314 e. The summed E-state index contributed by atoms with van der Waals surface area (Å²) in [6.45, 7) is 0.759. The maximum absolute atomic E-state index is 12.5. The summed E-state index contributed by atoms with van der Waals surface area (Å²) in [7, 11) is 0. The molecule has 1 amide bonds. The number of nitrogens with zero attached hydrogens (tertiary/aromatic N) is 2. The molecule has 1 aromatic heterocycles. The molecule has 1 aliphatic heterocycles. The number of halogens is 1. The first kappa shape index (κ1) is 16.5. The number of rotatable bonds is 3. The van der Waals surface area contributed by atoms with Crippen LogP contribution in [0, 0.1) is 0 Å². The van der Waals surface area contributed by atoms with E-state index in [4.69, 9.17) is 11.6 Å². The maximum atomic E-state index is 12.5. The summed E-state index contributed by atoms with van der Waals surface area (Å²) in [6.07, 6.45) is 2.20. The van der Waals surface area contributed by atoms with Gasteiger partial charge in [-0.2, -0.15) is 0 Å². The van der Waals surface area contributed by atoms with Crippen molar-refractivity contribution in [3.8, 4) is 0 Å². The molecule has 124 valence electrons. The Morgan fingerprint density at radius 3 is 2.29 bits per heavy atom. The van der Waals surface area contributed by atoms with E-state index in [-0.39, 0.29) is 5.91 Å². The lowest BCUT2D eigenvalue weighted by atomic mass is 9.73. The lowest BCUT2D eigenvalue weighted by molar-refractivity contribution is -0.145. The van der Waals surface area contributed by atoms with Crippen molar-refractivity contribution in [1.29, 1.82) is 0 Å². The molecule has 1 N–H and O–H groups in total. The van der Waals surface area contributed by atoms with Crippen LogP contribution in [0.25, 0.3) is 0 Å². The van der Waals surface area contributed by atoms with Crippen LogP contribution < -0.4 is 0 Å². The van der Waals surface area contributed by atoms with Crippen molar-refractivity contribution in [2.24, 2.45) is 0 Å². The zero-order valence-electron chi connectivity index (χ0n) is 13.0. The van der Waals surface area contributed by atoms with Crippen molar-refractivity contribution in [3.63, 3.8) is 0 Å². The molecule has 1 fully saturated rings. The summed E-state index contributed by atoms with van der Waals surface area (Å²) >= 11 is 5.79. The topological polar surface area (TPSA) is 70.5 Å². The van der Waals surface area contributed by atoms with Crippen LogP contribution in [-0.4, -0.2) is 40.0 Å². The highest BCUT2D eigenvalue weighted by Crippen LogP contribution is 2.36. The molecule has 3 rings (SSSR count). The van der Waals surface area contributed by atoms with E-state index in [1.54, 1.807) is 17.0 Å². The SMILES string of the molecule is O=C(c1ccc(Cl)cn1)N1CCC(C(=O)O)(c2ccccc2)CC1. The molecule has 1 aliphatic rings. The third-order valence-corrected chi connectivity index (χ3v) is 4.81. The molecule has 1 aromatic carbocycles. The number of amides is 1. The van der Waals surface area contributed by atoms with E-state index in [1.807, 2.05) is 30.3 Å². The van der Waals surface area contributed by atoms with Crippen LogP contribution in [0.3, 0.4) is 0 Å². The summed E-state index contributed by atoms with van der Waals surface area (Å²) in [5, 5.41) is 10.3. The predicted octanol–water partition coefficient (Wildman–Crippen LogP) is 2.99. The monoisotopic (exact) mass is 344 g/mol. The highest BCUT2D eigenvalue weighted by molar-refractivity contribution is 6.30. The summed E-state index contributed by atoms with van der Waals surface area (Å²) in [5.74, 6) is -1.04. The van der Waals surface area contributed by atoms with Gasteiger partial charge in [-0.25, -0.2) is 4.98 Å². The number of hydrogen-bond acceptors (Lipinski definition) is 3. The number of likely N-dealkylation sites (tertiary alicyclic amines) is 1. The van der Waals surface area contributed by atoms with Crippen LogP contribution in [0.2, 0.25) is 5.02 Å². The first-order chi connectivity index (χ1) is 11.5. The van der Waals surface area contributed by atoms with Gasteiger partial charge in [0, 0.05) is 19.3 Å². The van der Waals surface area contributed by atoms with E-state index >= 15 is 0 Å². The summed E-state index contributed by atoms with van der Waals surface area (Å²) in [5.41, 5.74) is 0.169. The number of benzene rings is 1. The minimum atomic E-state index is -0.939. The number of pyridine rings is 1. The van der Waals surface area contributed by atoms with E-state index in [9.17, 15) is 14.7 Å². The van der Waals surface area contributed by atoms with Crippen molar-refractivity contribution in [3.05, 3.63) is 64.9 Å². The van der Waals surface area contributed by atoms with Gasteiger partial charge in [-0.15, -0.1) is 0 Å². The third kappa shape index (κ3) is 2.99. The molecule has 0 radical (unpaired) electrons. The van der Waals surface area contributed by atoms with Crippen molar-refractivity contribution < 1.29 is 14.7 Å². The molecule has 6 heteroatoms. The first-order valence-electron chi connectivity index (χ1n) is 7.73. The molecule has 0 unspecified atom stereocenters. The Kier molecular flexibility index (Phi) is 4.53. The zero-order chi connectivity index (χ0) is 17.2. The van der Waals surface area contributed by atoms with Gasteiger partial charge in [0.2, 0.25) is 0 Å². The maximum Gasteiger partial charge on any atom is 0.314 e. The highest BCUT2D eigenvalue weighted by atomic mass is 35.5. The van der Waals surface area contributed by atoms with Gasteiger partial charge < -0.3 is 10.0 Å². The molecule has 24 heavy (non-hydrogen) atoms. The Morgan fingerprint density at radius 1 is 1.08 bits per heavy atom. The molecular formula is C18H17ClN2O3. The van der Waals surface area contributed by atoms with Gasteiger partial charge >= 0.3 is 5.97 Å². The Bertz CT molecular complexity index is 739. The zero-order valence-corrected chi connectivity index (χ0v) is 13.7. The van der Waals surface area contributed by atoms with Crippen molar-refractivity contribution in [1.82, 2.24) is 9.88 Å². The number of carbonyl (C=O) groups excluding carboxylic acids is 1. The van der Waals surface area contributed by atoms with Gasteiger partial charge in [0.15, 0.2) is 0 Å². The normalized spacial score (nSPS) is 16.6. The minimum Gasteiger partial charge on any atom is -0.481 e. The average Bonchev–Trinajstić information content (AvgIpc) is 2.62. The number of carboxylic acids is 1. The van der Waals surface area contributed by atoms with E-state index in [2.05, 4.69) is 4.98 Å². The van der Waals surface area contributed by atoms with Crippen LogP contribution >= 0.6 is 11.6 Å². The molecule has 2 heterocycles. The molecule has 0 atom stereocenters. The molecule has 0 aliphatic carbocycles. The molecular weight excluding hydrogens is 328 g/mol. The van der Waals surface area contributed by atoms with Gasteiger partial charge in [-0.1, -0.05) is 41.9 Å². The number of aliphatic carboxylic acids is 1. The number of piperidine rings is 1. The van der Waals surface area contributed by atoms with Crippen LogP contribution in [-0.2, 0) is 10.2 Å². The van der Waals surface area contributed by atoms with Crippen molar-refractivity contribution >= 4 is 23.5 Å². The number of carbonyl (C=O) groups is 2. The predicted molar refractivity (Wildman–Crippen MR) is 90.1 cm³/mol. The molecule has 0 bridgehead atoms. The van der Waals surface area contributed by atoms with Gasteiger partial charge in [-0.05, 0) is 30.5 Å². The Balaban J connectivity index is 1.77. The molecule has 0 saturated carbocycles. The second-order valence-corrected chi connectivity index (χ2v) is 6.34. The van der Waals surface area contributed by atoms with E-state index in [0.29, 0.717) is 36.6 Å². The standard InChI is InChI=1S/C18H17ClN2O3/c19-14-6-7-15(20-12-14)16(22)21-10-8-18(9-11-21,17(23)24)13-4-2-1-3-5-13/h1-7,12H,8-11H2,(H,23,24). The highest BCUT2D eigenvalue weighted by Gasteiger charge is 2.44. The van der Waals surface area contributed by atoms with Crippen LogP contribution in [0.1, 0.15) is 28.9 Å². The fourth-order valence-electron chi connectivity index (χ4n) is 3.14. The lowest BCUT2D eigenvalue weighted by Crippen LogP contribution is -2.49. The van der Waals surface area contributed by atoms with Crippen LogP contribution in [0.15, 0.2) is 48.7 Å². The van der Waals surface area contributed by atoms with Gasteiger partial charge in [0.05, 0.1) is 10.4 Å². The number of carboxylic acid groups (broad SMARTS) is 1. The number of aromatic nitrogens is 1. The fourth-order valence-corrected chi connectivity index (χ4v) is 3.25. The quantitative estimate of drug-likeness (QED) is 0.929. The van der Waals surface area contributed by atoms with E-state index < -0.39 is 11.4 Å². The first-order valence-corrected chi connectivity index (χ1v) is 8.10. The second kappa shape index (κ2) is 6.61. The lowest BCUT2D eigenvalue weighted by Gasteiger charge is -2.39. The largest absolute Gasteiger partial charge is 0.481 e. The summed E-state index contributed by atoms with van der Waals surface area (Å²) < 4.78 is 0. The average molecular weight is 345 g/mol. The van der Waals surface area contributed by atoms with Crippen LogP contribution in [0.4, 0.5) is 0 Å². The van der Waals surface area contributed by atoms with E-state index in [0.717, 1.165) is 5.56 Å². The van der Waals surface area contributed by atoms with Crippen molar-refractivity contribution in [2.75, 3.05) is 13.1 Å². The molecule has 2 aromatic rings. The van der Waals surface area contributed by atoms with E-state index in [1.165, 1.54) is 6.20 Å². The molecule has 5 nitrogen and oxygen atoms in total. The van der Waals surface area contributed by atoms with Crippen molar-refractivity contribution in [2.45, 2.75) is 18.3 Å². The van der Waals surface area contributed by atoms with Gasteiger partial charge in [0.1, 0.15) is 5.69 Å². The van der Waals surface area contributed by atoms with Gasteiger partial charge in [-0.3, -0.25) is 9.59 Å². The Hall–Kier alpha value is -2.40. The minimum absolute atomic E-state index is 0.196. The summed E-state index contributed by atoms with van der Waals surface area (Å²) in [6, 6.07) is 12.4. The Labute approximate surface area is 144 Å². The second-order valence-electron chi connectivity index (χ2n) is 5.91. The molecule has 0 spiro atoms. The summed E-state index contributed by atoms with van der Waals surface area (Å²) in [4.78, 5) is 30.1. The fraction of sp³-hybridized carbons (Fsp3) is 0.278. The third-order valence-electron chi connectivity index (χ3n) is 4.59. The molecule has 1 saturated heterocycles.